The first-order valence-corrected chi connectivity index (χ1v) is 12.5. The number of piperidine rings is 1. The average Bonchev–Trinajstić information content (AvgIpc) is 3.68. The smallest absolute Gasteiger partial charge is 0.138 e. The van der Waals surface area contributed by atoms with Crippen LogP contribution in [-0.2, 0) is 6.54 Å². The standard InChI is InChI=1S/C29H26N6O/c1-2-9-35(10-3-1)17-19-12-22(16-30-15-19)20-4-5-26-25(13-20)28(34-33-26)27-14-24-23(21-7-11-36-18-21)6-8-31-29(24)32-27/h4-8,11-16,18H,1-3,9-10,17H2,(H,31,32)(H,33,34). The number of nitrogens with one attached hydrogen (secondary N) is 2. The SMILES string of the molecule is c1cc(-c2ccoc2)c2cc(-c3n[nH]c4ccc(-c5cncc(CN6CCCCC6)c5)cc34)[nH]c2n1. The van der Waals surface area contributed by atoms with Gasteiger partial charge in [0.1, 0.15) is 11.3 Å². The Morgan fingerprint density at radius 2 is 1.83 bits per heavy atom. The van der Waals surface area contributed by atoms with Crippen molar-refractivity contribution in [2.45, 2.75) is 25.8 Å². The van der Waals surface area contributed by atoms with Crippen LogP contribution in [0.4, 0.5) is 0 Å². The minimum atomic E-state index is 0.825. The third-order valence-electron chi connectivity index (χ3n) is 7.17. The number of fused-ring (bicyclic) bond motifs is 2. The van der Waals surface area contributed by atoms with Crippen molar-refractivity contribution in [3.63, 3.8) is 0 Å². The molecule has 1 aliphatic rings. The van der Waals surface area contributed by atoms with Crippen LogP contribution in [0.2, 0.25) is 0 Å². The summed E-state index contributed by atoms with van der Waals surface area (Å²) >= 11 is 0. The molecule has 0 radical (unpaired) electrons. The quantitative estimate of drug-likeness (QED) is 0.301. The summed E-state index contributed by atoms with van der Waals surface area (Å²) < 4.78 is 5.30. The predicted molar refractivity (Wildman–Crippen MR) is 141 cm³/mol. The van der Waals surface area contributed by atoms with Gasteiger partial charge in [-0.1, -0.05) is 12.5 Å². The number of aromatic amines is 2. The molecule has 6 heterocycles. The van der Waals surface area contributed by atoms with Gasteiger partial charge in [0, 0.05) is 47.0 Å². The van der Waals surface area contributed by atoms with Gasteiger partial charge in [-0.2, -0.15) is 5.10 Å². The predicted octanol–water partition coefficient (Wildman–Crippen LogP) is 6.41. The van der Waals surface area contributed by atoms with Gasteiger partial charge in [-0.05, 0) is 79.0 Å². The van der Waals surface area contributed by atoms with Crippen LogP contribution >= 0.6 is 0 Å². The fraction of sp³-hybridized carbons (Fsp3) is 0.207. The van der Waals surface area contributed by atoms with E-state index >= 15 is 0 Å². The van der Waals surface area contributed by atoms with Crippen molar-refractivity contribution in [1.82, 2.24) is 30.0 Å². The second-order valence-corrected chi connectivity index (χ2v) is 9.57. The molecule has 0 atom stereocenters. The number of furan rings is 1. The fourth-order valence-corrected chi connectivity index (χ4v) is 5.33. The van der Waals surface area contributed by atoms with Crippen LogP contribution in [0.5, 0.6) is 0 Å². The highest BCUT2D eigenvalue weighted by atomic mass is 16.3. The monoisotopic (exact) mass is 474 g/mol. The lowest BCUT2D eigenvalue weighted by atomic mass is 10.0. The highest BCUT2D eigenvalue weighted by Crippen LogP contribution is 2.34. The topological polar surface area (TPSA) is 86.6 Å². The summed E-state index contributed by atoms with van der Waals surface area (Å²) in [5.41, 5.74) is 9.24. The molecule has 7 rings (SSSR count). The Morgan fingerprint density at radius 1 is 0.889 bits per heavy atom. The van der Waals surface area contributed by atoms with Crippen molar-refractivity contribution in [3.8, 4) is 33.6 Å². The van der Waals surface area contributed by atoms with Gasteiger partial charge in [-0.25, -0.2) is 4.98 Å². The number of benzene rings is 1. The molecule has 0 aliphatic carbocycles. The minimum absolute atomic E-state index is 0.825. The summed E-state index contributed by atoms with van der Waals surface area (Å²) in [7, 11) is 0. The number of pyridine rings is 2. The molecule has 7 heteroatoms. The van der Waals surface area contributed by atoms with Crippen LogP contribution < -0.4 is 0 Å². The second-order valence-electron chi connectivity index (χ2n) is 9.57. The zero-order chi connectivity index (χ0) is 23.9. The average molecular weight is 475 g/mol. The maximum absolute atomic E-state index is 5.30. The molecule has 0 unspecified atom stereocenters. The molecule has 2 N–H and O–H groups in total. The van der Waals surface area contributed by atoms with E-state index in [1.54, 1.807) is 12.5 Å². The first kappa shape index (κ1) is 21.1. The summed E-state index contributed by atoms with van der Waals surface area (Å²) in [6.07, 6.45) is 13.1. The lowest BCUT2D eigenvalue weighted by Crippen LogP contribution is -2.29. The van der Waals surface area contributed by atoms with Gasteiger partial charge >= 0.3 is 0 Å². The maximum atomic E-state index is 5.30. The summed E-state index contributed by atoms with van der Waals surface area (Å²) in [6, 6.07) is 14.8. The Morgan fingerprint density at radius 3 is 2.72 bits per heavy atom. The molecule has 1 aromatic carbocycles. The van der Waals surface area contributed by atoms with Gasteiger partial charge in [0.25, 0.3) is 0 Å². The number of likely N-dealkylation sites (tertiary alicyclic amines) is 1. The van der Waals surface area contributed by atoms with Crippen LogP contribution in [0.15, 0.2) is 78.0 Å². The number of hydrogen-bond acceptors (Lipinski definition) is 5. The van der Waals surface area contributed by atoms with E-state index in [0.29, 0.717) is 0 Å². The molecule has 0 amide bonds. The van der Waals surface area contributed by atoms with Gasteiger partial charge in [0.05, 0.1) is 23.7 Å². The van der Waals surface area contributed by atoms with Crippen molar-refractivity contribution in [3.05, 3.63) is 79.1 Å². The van der Waals surface area contributed by atoms with Crippen molar-refractivity contribution in [2.75, 3.05) is 13.1 Å². The van der Waals surface area contributed by atoms with Crippen LogP contribution in [0, 0.1) is 0 Å². The van der Waals surface area contributed by atoms with Gasteiger partial charge in [-0.15, -0.1) is 0 Å². The first-order valence-electron chi connectivity index (χ1n) is 12.5. The highest BCUT2D eigenvalue weighted by Gasteiger charge is 2.16. The number of hydrogen-bond donors (Lipinski definition) is 2. The Hall–Kier alpha value is -4.23. The molecule has 0 saturated carbocycles. The molecule has 7 nitrogen and oxygen atoms in total. The summed E-state index contributed by atoms with van der Waals surface area (Å²) in [5, 5.41) is 9.95. The Bertz CT molecular complexity index is 1660. The molecule has 36 heavy (non-hydrogen) atoms. The zero-order valence-corrected chi connectivity index (χ0v) is 19.9. The van der Waals surface area contributed by atoms with E-state index in [-0.39, 0.29) is 0 Å². The number of H-pyrrole nitrogens is 2. The van der Waals surface area contributed by atoms with E-state index in [2.05, 4.69) is 60.4 Å². The maximum Gasteiger partial charge on any atom is 0.138 e. The molecular formula is C29H26N6O. The lowest BCUT2D eigenvalue weighted by molar-refractivity contribution is 0.220. The second kappa shape index (κ2) is 8.77. The van der Waals surface area contributed by atoms with Crippen LogP contribution in [-0.4, -0.2) is 43.1 Å². The molecule has 1 saturated heterocycles. The molecular weight excluding hydrogens is 448 g/mol. The van der Waals surface area contributed by atoms with E-state index in [0.717, 1.165) is 62.1 Å². The van der Waals surface area contributed by atoms with E-state index in [1.165, 1.54) is 37.9 Å². The third-order valence-corrected chi connectivity index (χ3v) is 7.17. The Balaban J connectivity index is 1.26. The van der Waals surface area contributed by atoms with Crippen molar-refractivity contribution in [1.29, 1.82) is 0 Å². The molecule has 178 valence electrons. The molecule has 0 bridgehead atoms. The molecule has 5 aromatic heterocycles. The number of nitrogens with zero attached hydrogens (tertiary/aromatic N) is 4. The summed E-state index contributed by atoms with van der Waals surface area (Å²) in [4.78, 5) is 15.1. The van der Waals surface area contributed by atoms with Crippen molar-refractivity contribution < 1.29 is 4.42 Å². The van der Waals surface area contributed by atoms with E-state index in [9.17, 15) is 0 Å². The van der Waals surface area contributed by atoms with E-state index in [4.69, 9.17) is 4.42 Å². The zero-order valence-electron chi connectivity index (χ0n) is 19.9. The van der Waals surface area contributed by atoms with Crippen LogP contribution in [0.25, 0.3) is 55.6 Å². The molecule has 6 aromatic rings. The summed E-state index contributed by atoms with van der Waals surface area (Å²) in [6.45, 7) is 3.31. The molecule has 0 spiro atoms. The van der Waals surface area contributed by atoms with Crippen molar-refractivity contribution in [2.24, 2.45) is 0 Å². The lowest BCUT2D eigenvalue weighted by Gasteiger charge is -2.26. The minimum Gasteiger partial charge on any atom is -0.472 e. The Labute approximate surface area is 208 Å². The van der Waals surface area contributed by atoms with Gasteiger partial charge < -0.3 is 9.40 Å². The van der Waals surface area contributed by atoms with E-state index in [1.807, 2.05) is 30.7 Å². The summed E-state index contributed by atoms with van der Waals surface area (Å²) in [5.74, 6) is 0. The Kier molecular flexibility index (Phi) is 5.14. The van der Waals surface area contributed by atoms with Crippen LogP contribution in [0.1, 0.15) is 24.8 Å². The van der Waals surface area contributed by atoms with Gasteiger partial charge in [0.15, 0.2) is 0 Å². The highest BCUT2D eigenvalue weighted by molar-refractivity contribution is 6.00. The first-order chi connectivity index (χ1) is 17.8. The van der Waals surface area contributed by atoms with E-state index < -0.39 is 0 Å². The van der Waals surface area contributed by atoms with Crippen LogP contribution in [0.3, 0.4) is 0 Å². The third kappa shape index (κ3) is 3.78. The van der Waals surface area contributed by atoms with Crippen molar-refractivity contribution >= 4 is 21.9 Å². The molecule has 1 aliphatic heterocycles. The largest absolute Gasteiger partial charge is 0.472 e. The number of rotatable bonds is 5. The molecule has 1 fully saturated rings. The normalized spacial score (nSPS) is 14.7. The van der Waals surface area contributed by atoms with Gasteiger partial charge in [-0.3, -0.25) is 15.0 Å². The fourth-order valence-electron chi connectivity index (χ4n) is 5.33. The van der Waals surface area contributed by atoms with Gasteiger partial charge in [0.2, 0.25) is 0 Å². The number of aromatic nitrogens is 5.